The van der Waals surface area contributed by atoms with E-state index in [1.807, 2.05) is 19.9 Å². The molecule has 0 radical (unpaired) electrons. The van der Waals surface area contributed by atoms with E-state index in [0.717, 1.165) is 0 Å². The highest BCUT2D eigenvalue weighted by Gasteiger charge is 2.25. The number of phenols is 1. The van der Waals surface area contributed by atoms with Crippen LogP contribution in [0.1, 0.15) is 19.4 Å². The lowest BCUT2D eigenvalue weighted by Crippen LogP contribution is -2.14. The average molecular weight is 191 g/mol. The summed E-state index contributed by atoms with van der Waals surface area (Å²) in [5.41, 5.74) is 0.670. The van der Waals surface area contributed by atoms with Gasteiger partial charge in [-0.25, -0.2) is 4.99 Å². The Morgan fingerprint density at radius 3 is 2.57 bits per heavy atom. The van der Waals surface area contributed by atoms with Gasteiger partial charge in [0.1, 0.15) is 11.9 Å². The van der Waals surface area contributed by atoms with Crippen LogP contribution in [0.5, 0.6) is 5.75 Å². The monoisotopic (exact) mass is 191 g/mol. The zero-order valence-electron chi connectivity index (χ0n) is 8.27. The summed E-state index contributed by atoms with van der Waals surface area (Å²) < 4.78 is 5.53. The number of hydrogen-bond acceptors (Lipinski definition) is 3. The third-order valence-electron chi connectivity index (χ3n) is 2.43. The first-order valence-electron chi connectivity index (χ1n) is 4.71. The molecule has 0 amide bonds. The van der Waals surface area contributed by atoms with E-state index in [1.54, 1.807) is 18.2 Å². The first-order valence-corrected chi connectivity index (χ1v) is 4.71. The van der Waals surface area contributed by atoms with Crippen molar-refractivity contribution in [3.05, 3.63) is 29.8 Å². The molecular formula is C11H13NO2. The van der Waals surface area contributed by atoms with Crippen LogP contribution in [0.3, 0.4) is 0 Å². The molecule has 1 aromatic rings. The summed E-state index contributed by atoms with van der Waals surface area (Å²) in [6.07, 6.45) is 0.0876. The third-order valence-corrected chi connectivity index (χ3v) is 2.43. The number of aliphatic imine (C=N–C) groups is 1. The molecule has 0 saturated heterocycles. The van der Waals surface area contributed by atoms with Crippen LogP contribution in [0.25, 0.3) is 0 Å². The molecule has 1 heterocycles. The number of para-hydroxylation sites is 1. The summed E-state index contributed by atoms with van der Waals surface area (Å²) in [6, 6.07) is 7.23. The number of benzene rings is 1. The van der Waals surface area contributed by atoms with Gasteiger partial charge in [0.05, 0.1) is 11.6 Å². The summed E-state index contributed by atoms with van der Waals surface area (Å²) in [5.74, 6) is 0.760. The van der Waals surface area contributed by atoms with Crippen molar-refractivity contribution < 1.29 is 9.84 Å². The molecule has 3 nitrogen and oxygen atoms in total. The van der Waals surface area contributed by atoms with Crippen LogP contribution < -0.4 is 0 Å². The minimum Gasteiger partial charge on any atom is -0.507 e. The molecule has 1 N–H and O–H groups in total. The van der Waals surface area contributed by atoms with Crippen LogP contribution in [0.2, 0.25) is 0 Å². The van der Waals surface area contributed by atoms with E-state index >= 15 is 0 Å². The number of ether oxygens (including phenoxy) is 1. The maximum atomic E-state index is 9.58. The van der Waals surface area contributed by atoms with Gasteiger partial charge in [0.2, 0.25) is 5.90 Å². The zero-order valence-corrected chi connectivity index (χ0v) is 8.27. The second-order valence-corrected chi connectivity index (χ2v) is 3.51. The van der Waals surface area contributed by atoms with Gasteiger partial charge in [-0.05, 0) is 26.0 Å². The van der Waals surface area contributed by atoms with Crippen LogP contribution in [0.15, 0.2) is 29.3 Å². The van der Waals surface area contributed by atoms with Gasteiger partial charge >= 0.3 is 0 Å². The number of phenolic OH excluding ortho intramolecular Hbond substituents is 1. The highest BCUT2D eigenvalue weighted by atomic mass is 16.5. The lowest BCUT2D eigenvalue weighted by atomic mass is 10.2. The average Bonchev–Trinajstić information content (AvgIpc) is 2.48. The molecule has 0 aromatic heterocycles. The Balaban J connectivity index is 2.34. The first kappa shape index (κ1) is 9.06. The second kappa shape index (κ2) is 3.33. The molecule has 0 bridgehead atoms. The molecular weight excluding hydrogens is 178 g/mol. The Morgan fingerprint density at radius 2 is 2.00 bits per heavy atom. The fraction of sp³-hybridized carbons (Fsp3) is 0.364. The predicted molar refractivity (Wildman–Crippen MR) is 54.7 cm³/mol. The fourth-order valence-corrected chi connectivity index (χ4v) is 1.38. The lowest BCUT2D eigenvalue weighted by molar-refractivity contribution is 0.218. The van der Waals surface area contributed by atoms with Gasteiger partial charge in [-0.1, -0.05) is 12.1 Å². The van der Waals surface area contributed by atoms with E-state index in [9.17, 15) is 5.11 Å². The molecule has 1 aromatic carbocycles. The SMILES string of the molecule is C[C@@H]1OC(c2ccccc2O)=N[C@@H]1C. The van der Waals surface area contributed by atoms with E-state index in [2.05, 4.69) is 4.99 Å². The van der Waals surface area contributed by atoms with Crippen LogP contribution in [-0.2, 0) is 4.74 Å². The molecule has 1 aliphatic heterocycles. The van der Waals surface area contributed by atoms with Gasteiger partial charge in [-0.2, -0.15) is 0 Å². The highest BCUT2D eigenvalue weighted by molar-refractivity contribution is 5.97. The van der Waals surface area contributed by atoms with Crippen molar-refractivity contribution >= 4 is 5.90 Å². The highest BCUT2D eigenvalue weighted by Crippen LogP contribution is 2.23. The van der Waals surface area contributed by atoms with Crippen molar-refractivity contribution in [2.24, 2.45) is 4.99 Å². The Hall–Kier alpha value is -1.51. The van der Waals surface area contributed by atoms with Crippen LogP contribution in [-0.4, -0.2) is 23.2 Å². The van der Waals surface area contributed by atoms with Crippen molar-refractivity contribution in [1.29, 1.82) is 0 Å². The summed E-state index contributed by atoms with van der Waals surface area (Å²) in [4.78, 5) is 4.34. The van der Waals surface area contributed by atoms with Crippen molar-refractivity contribution in [3.63, 3.8) is 0 Å². The molecule has 14 heavy (non-hydrogen) atoms. The molecule has 3 heteroatoms. The lowest BCUT2D eigenvalue weighted by Gasteiger charge is -2.08. The Labute approximate surface area is 83.1 Å². The first-order chi connectivity index (χ1) is 6.68. The molecule has 0 fully saturated rings. The van der Waals surface area contributed by atoms with Crippen LogP contribution in [0.4, 0.5) is 0 Å². The molecule has 74 valence electrons. The topological polar surface area (TPSA) is 41.8 Å². The van der Waals surface area contributed by atoms with E-state index in [0.29, 0.717) is 11.5 Å². The quantitative estimate of drug-likeness (QED) is 0.737. The van der Waals surface area contributed by atoms with Gasteiger partial charge in [0.25, 0.3) is 0 Å². The number of aromatic hydroxyl groups is 1. The van der Waals surface area contributed by atoms with Gasteiger partial charge < -0.3 is 9.84 Å². The standard InChI is InChI=1S/C11H13NO2/c1-7-8(2)14-11(12-7)9-5-3-4-6-10(9)13/h3-8,13H,1-2H3/t7-,8+/m1/s1. The number of nitrogens with zero attached hydrogens (tertiary/aromatic N) is 1. The normalized spacial score (nSPS) is 25.7. The largest absolute Gasteiger partial charge is 0.507 e. The van der Waals surface area contributed by atoms with Crippen molar-refractivity contribution in [3.8, 4) is 5.75 Å². The van der Waals surface area contributed by atoms with E-state index in [1.165, 1.54) is 0 Å². The van der Waals surface area contributed by atoms with Gasteiger partial charge in [0, 0.05) is 0 Å². The smallest absolute Gasteiger partial charge is 0.220 e. The summed E-state index contributed by atoms with van der Waals surface area (Å²) >= 11 is 0. The van der Waals surface area contributed by atoms with E-state index in [4.69, 9.17) is 4.74 Å². The molecule has 2 atom stereocenters. The molecule has 2 rings (SSSR count). The molecule has 0 spiro atoms. The number of rotatable bonds is 1. The van der Waals surface area contributed by atoms with E-state index in [-0.39, 0.29) is 17.9 Å². The number of hydrogen-bond donors (Lipinski definition) is 1. The molecule has 0 aliphatic carbocycles. The van der Waals surface area contributed by atoms with Crippen LogP contribution >= 0.6 is 0 Å². The van der Waals surface area contributed by atoms with Gasteiger partial charge in [-0.3, -0.25) is 0 Å². The molecule has 1 aliphatic rings. The summed E-state index contributed by atoms with van der Waals surface area (Å²) in [6.45, 7) is 3.97. The zero-order chi connectivity index (χ0) is 10.1. The maximum absolute atomic E-state index is 9.58. The van der Waals surface area contributed by atoms with E-state index < -0.39 is 0 Å². The minimum absolute atomic E-state index is 0.0876. The maximum Gasteiger partial charge on any atom is 0.220 e. The van der Waals surface area contributed by atoms with Gasteiger partial charge in [0.15, 0.2) is 0 Å². The third kappa shape index (κ3) is 1.45. The van der Waals surface area contributed by atoms with Crippen LogP contribution in [0, 0.1) is 0 Å². The Morgan fingerprint density at radius 1 is 1.29 bits per heavy atom. The fourth-order valence-electron chi connectivity index (χ4n) is 1.38. The van der Waals surface area contributed by atoms with Crippen molar-refractivity contribution in [2.75, 3.05) is 0 Å². The summed E-state index contributed by atoms with van der Waals surface area (Å²) in [7, 11) is 0. The van der Waals surface area contributed by atoms with Crippen molar-refractivity contribution in [1.82, 2.24) is 0 Å². The second-order valence-electron chi connectivity index (χ2n) is 3.51. The minimum atomic E-state index is 0.0876. The Kier molecular flexibility index (Phi) is 2.15. The Bertz CT molecular complexity index is 373. The van der Waals surface area contributed by atoms with Gasteiger partial charge in [-0.15, -0.1) is 0 Å². The molecule has 0 unspecified atom stereocenters. The van der Waals surface area contributed by atoms with Crippen molar-refractivity contribution in [2.45, 2.75) is 26.0 Å². The summed E-state index contributed by atoms with van der Waals surface area (Å²) in [5, 5.41) is 9.58. The molecule has 0 saturated carbocycles. The predicted octanol–water partition coefficient (Wildman–Crippen LogP) is 1.95.